The van der Waals surface area contributed by atoms with Crippen molar-refractivity contribution in [3.63, 3.8) is 0 Å². The van der Waals surface area contributed by atoms with E-state index in [2.05, 4.69) is 444 Å². The first-order chi connectivity index (χ1) is 62.4. The van der Waals surface area contributed by atoms with Gasteiger partial charge in [0, 0.05) is 72.1 Å². The van der Waals surface area contributed by atoms with Crippen molar-refractivity contribution in [3.05, 3.63) is 412 Å². The average molecular weight is 1690 g/mol. The third-order valence-corrected chi connectivity index (χ3v) is 31.6. The van der Waals surface area contributed by atoms with Crippen LogP contribution in [0, 0.1) is 0 Å². The van der Waals surface area contributed by atoms with Crippen molar-refractivity contribution >= 4 is 180 Å². The van der Waals surface area contributed by atoms with Crippen LogP contribution in [0.2, 0.25) is 0 Å². The van der Waals surface area contributed by atoms with Crippen molar-refractivity contribution < 1.29 is 0 Å². The van der Waals surface area contributed by atoms with Gasteiger partial charge in [0.2, 0.25) is 13.4 Å². The second-order valence-corrected chi connectivity index (χ2v) is 40.1. The summed E-state index contributed by atoms with van der Waals surface area (Å²) in [6.07, 6.45) is 0. The van der Waals surface area contributed by atoms with E-state index < -0.39 is 0 Å². The number of aromatic nitrogens is 2. The zero-order chi connectivity index (χ0) is 84.4. The molecule has 22 aromatic rings. The van der Waals surface area contributed by atoms with Crippen LogP contribution in [0.15, 0.2) is 440 Å². The SMILES string of the molecule is CC(C)(C)c1cc(-c2cc3c4c(c2)Sc2cc(-n5c6ccccc6c6ccccc65)ccc2B4c2ccccc2S3)cc(-c2c3ccccc3c(-c3ccccc3)c3ccccc23)c1.CC(C)c1cc(-c2cc3c4c(c2)Sc2cc(-n5c6ccccc6c6ccccc65)ccc2B4c2ccccc2S3)cc(-c2c3ccccc3c(-c3ccccc3)c3ccccc23)c1. The molecule has 0 fully saturated rings. The standard InChI is InChI=1S/C60H42BNS2.C59H40BNS2/c1-60(2,3)41-32-38(31-40(33-41)58-47-23-9-7-21-45(47)57(37-17-5-4-6-18-37)46-22-8-10-24-48(46)58)39-34-55-59-56(35-39)64-54-36-42(29-30-50(54)61(59)49-25-13-16-28-53(49)63-55)62-51-26-14-11-19-43(51)44-20-12-15-27-52(44)62;1-36(2)38-30-39(32-41(31-38)58-47-22-8-6-20-45(47)57(37-16-4-3-5-17-37)46-21-7-9-23-48(46)58)40-33-55-59-56(34-40)63-54-35-42(28-29-50(54)60(59)49-24-12-15-27-53(49)62-55)61-51-25-13-10-18-43(51)44-19-11-14-26-52(44)61/h4-36H,1-3H3;3-36H,1-2H3. The van der Waals surface area contributed by atoms with Crippen molar-refractivity contribution in [2.24, 2.45) is 0 Å². The summed E-state index contributed by atoms with van der Waals surface area (Å²) in [7, 11) is 0. The second-order valence-electron chi connectivity index (χ2n) is 35.8. The summed E-state index contributed by atoms with van der Waals surface area (Å²) in [5, 5.41) is 15.4. The average Bonchev–Trinajstić information content (AvgIpc) is 1.31. The molecule has 4 aliphatic heterocycles. The smallest absolute Gasteiger partial charge is 0.247 e. The highest BCUT2D eigenvalue weighted by Gasteiger charge is 2.41. The first-order valence-corrected chi connectivity index (χ1v) is 47.5. The van der Waals surface area contributed by atoms with E-state index in [1.54, 1.807) is 0 Å². The molecule has 0 bridgehead atoms. The van der Waals surface area contributed by atoms with Crippen molar-refractivity contribution in [2.45, 2.75) is 85.1 Å². The summed E-state index contributed by atoms with van der Waals surface area (Å²) in [6, 6.07) is 150. The minimum atomic E-state index is -0.0709. The van der Waals surface area contributed by atoms with Crippen molar-refractivity contribution in [1.29, 1.82) is 0 Å². The monoisotopic (exact) mass is 1690 g/mol. The van der Waals surface area contributed by atoms with Gasteiger partial charge in [-0.1, -0.05) is 407 Å². The quantitative estimate of drug-likeness (QED) is 0.105. The molecule has 0 saturated carbocycles. The molecule has 0 atom stereocenters. The molecule has 0 aliphatic carbocycles. The van der Waals surface area contributed by atoms with Gasteiger partial charge in [-0.05, 0) is 240 Å². The fourth-order valence-corrected chi connectivity index (χ4v) is 26.3. The van der Waals surface area contributed by atoms with E-state index in [4.69, 9.17) is 0 Å². The van der Waals surface area contributed by atoms with E-state index in [9.17, 15) is 0 Å². The third-order valence-electron chi connectivity index (χ3n) is 27.1. The first-order valence-electron chi connectivity index (χ1n) is 44.2. The van der Waals surface area contributed by atoms with Gasteiger partial charge in [0.25, 0.3) is 0 Å². The van der Waals surface area contributed by atoms with E-state index in [0.717, 1.165) is 0 Å². The fraction of sp³-hybridized carbons (Fsp3) is 0.0588. The molecule has 2 nitrogen and oxygen atoms in total. The predicted molar refractivity (Wildman–Crippen MR) is 549 cm³/mol. The minimum absolute atomic E-state index is 0.0709. The number of hydrogen-bond acceptors (Lipinski definition) is 4. The molecule has 2 aromatic heterocycles. The van der Waals surface area contributed by atoms with Crippen LogP contribution in [0.3, 0.4) is 0 Å². The lowest BCUT2D eigenvalue weighted by Gasteiger charge is -2.33. The predicted octanol–water partition coefficient (Wildman–Crippen LogP) is 29.5. The molecule has 0 radical (unpaired) electrons. The van der Waals surface area contributed by atoms with E-state index in [0.29, 0.717) is 5.92 Å². The molecule has 26 rings (SSSR count). The molecule has 0 unspecified atom stereocenters. The van der Waals surface area contributed by atoms with Gasteiger partial charge in [-0.3, -0.25) is 0 Å². The van der Waals surface area contributed by atoms with Crippen molar-refractivity contribution in [3.8, 4) is 78.1 Å². The molecular weight excluding hydrogens is 1610 g/mol. The fourth-order valence-electron chi connectivity index (χ4n) is 21.3. The molecule has 0 amide bonds. The maximum Gasteiger partial charge on any atom is 0.247 e. The molecule has 0 spiro atoms. The lowest BCUT2D eigenvalue weighted by atomic mass is 9.36. The van der Waals surface area contributed by atoms with Crippen molar-refractivity contribution in [1.82, 2.24) is 9.13 Å². The molecule has 8 heteroatoms. The van der Waals surface area contributed by atoms with Crippen LogP contribution in [0.5, 0.6) is 0 Å². The number of fused-ring (bicyclic) bond motifs is 18. The van der Waals surface area contributed by atoms with Gasteiger partial charge in [0.15, 0.2) is 0 Å². The first kappa shape index (κ1) is 76.0. The molecule has 6 heterocycles. The Hall–Kier alpha value is -13.4. The Morgan fingerprint density at radius 1 is 0.220 bits per heavy atom. The molecule has 0 N–H and O–H groups in total. The summed E-state index contributed by atoms with van der Waals surface area (Å²) in [6.45, 7) is 12.0. The largest absolute Gasteiger partial charge is 0.309 e. The van der Waals surface area contributed by atoms with Gasteiger partial charge >= 0.3 is 0 Å². The third kappa shape index (κ3) is 12.4. The Morgan fingerprint density at radius 2 is 0.488 bits per heavy atom. The maximum absolute atomic E-state index is 2.50. The van der Waals surface area contributed by atoms with Crippen molar-refractivity contribution in [2.75, 3.05) is 0 Å². The van der Waals surface area contributed by atoms with Gasteiger partial charge in [0.05, 0.1) is 22.1 Å². The Labute approximate surface area is 757 Å². The highest BCUT2D eigenvalue weighted by atomic mass is 32.2. The van der Waals surface area contributed by atoms with E-state index in [1.165, 1.54) is 248 Å². The second kappa shape index (κ2) is 30.2. The molecule has 127 heavy (non-hydrogen) atoms. The van der Waals surface area contributed by atoms with Gasteiger partial charge < -0.3 is 9.13 Å². The summed E-state index contributed by atoms with van der Waals surface area (Å²) in [5.74, 6) is 0.354. The lowest BCUT2D eigenvalue weighted by Crippen LogP contribution is -2.58. The highest BCUT2D eigenvalue weighted by molar-refractivity contribution is 8.02. The summed E-state index contributed by atoms with van der Waals surface area (Å²) in [4.78, 5) is 10.7. The van der Waals surface area contributed by atoms with Gasteiger partial charge in [-0.15, -0.1) is 0 Å². The Kier molecular flexibility index (Phi) is 18.1. The molecular formula is C119H82B2N2S4. The number of hydrogen-bond donors (Lipinski definition) is 0. The molecule has 598 valence electrons. The zero-order valence-electron chi connectivity index (χ0n) is 70.9. The van der Waals surface area contributed by atoms with Gasteiger partial charge in [0.1, 0.15) is 0 Å². The Bertz CT molecular complexity index is 8160. The minimum Gasteiger partial charge on any atom is -0.309 e. The van der Waals surface area contributed by atoms with Crippen LogP contribution in [0.25, 0.3) is 165 Å². The van der Waals surface area contributed by atoms with E-state index >= 15 is 0 Å². The Morgan fingerprint density at radius 3 is 0.843 bits per heavy atom. The number of benzene rings is 20. The lowest BCUT2D eigenvalue weighted by molar-refractivity contribution is 0.591. The Balaban J connectivity index is 0.000000138. The zero-order valence-corrected chi connectivity index (χ0v) is 74.1. The molecule has 4 aliphatic rings. The topological polar surface area (TPSA) is 9.86 Å². The maximum atomic E-state index is 2.50. The molecule has 0 saturated heterocycles. The van der Waals surface area contributed by atoms with E-state index in [-0.39, 0.29) is 18.8 Å². The number of rotatable bonds is 9. The van der Waals surface area contributed by atoms with Crippen LogP contribution in [-0.4, -0.2) is 22.6 Å². The molecule has 20 aromatic carbocycles. The highest BCUT2D eigenvalue weighted by Crippen LogP contribution is 2.52. The summed E-state index contributed by atoms with van der Waals surface area (Å²) >= 11 is 7.75. The summed E-state index contributed by atoms with van der Waals surface area (Å²) in [5.41, 5.74) is 33.6. The summed E-state index contributed by atoms with van der Waals surface area (Å²) < 4.78 is 4.90. The van der Waals surface area contributed by atoms with Crippen LogP contribution >= 0.6 is 47.0 Å². The van der Waals surface area contributed by atoms with Crippen LogP contribution in [-0.2, 0) is 5.41 Å². The normalized spacial score (nSPS) is 13.0. The van der Waals surface area contributed by atoms with Crippen LogP contribution in [0.1, 0.15) is 51.7 Å². The number of para-hydroxylation sites is 4. The van der Waals surface area contributed by atoms with Crippen LogP contribution in [0.4, 0.5) is 0 Å². The van der Waals surface area contributed by atoms with Gasteiger partial charge in [-0.25, -0.2) is 0 Å². The van der Waals surface area contributed by atoms with Crippen LogP contribution < -0.4 is 32.8 Å². The van der Waals surface area contributed by atoms with Gasteiger partial charge in [-0.2, -0.15) is 0 Å². The number of nitrogens with zero attached hydrogens (tertiary/aromatic N) is 2. The van der Waals surface area contributed by atoms with E-state index in [1.807, 2.05) is 47.0 Å².